The van der Waals surface area contributed by atoms with E-state index in [-0.39, 0.29) is 5.97 Å². The maximum Gasteiger partial charge on any atom is 0.490 e. The first kappa shape index (κ1) is 33.9. The van der Waals surface area contributed by atoms with Gasteiger partial charge in [-0.3, -0.25) is 4.90 Å². The molecule has 0 radical (unpaired) electrons. The first-order valence-electron chi connectivity index (χ1n) is 14.6. The van der Waals surface area contributed by atoms with Gasteiger partial charge >= 0.3 is 18.1 Å². The molecule has 1 N–H and O–H groups in total. The summed E-state index contributed by atoms with van der Waals surface area (Å²) in [5.74, 6) is -3.07. The number of carbonyl (C=O) groups is 2. The second kappa shape index (κ2) is 15.8. The second-order valence-electron chi connectivity index (χ2n) is 10.3. The molecule has 3 heterocycles. The Morgan fingerprint density at radius 1 is 0.956 bits per heavy atom. The fourth-order valence-electron chi connectivity index (χ4n) is 4.75. The van der Waals surface area contributed by atoms with Gasteiger partial charge in [0.25, 0.3) is 0 Å². The summed E-state index contributed by atoms with van der Waals surface area (Å²) in [6.07, 6.45) is 0.489. The van der Waals surface area contributed by atoms with Crippen LogP contribution in [0.5, 0.6) is 0 Å². The Morgan fingerprint density at radius 3 is 2.18 bits per heavy atom. The summed E-state index contributed by atoms with van der Waals surface area (Å²) in [5.41, 5.74) is 4.67. The van der Waals surface area contributed by atoms with Crippen molar-refractivity contribution >= 4 is 33.9 Å². The molecule has 45 heavy (non-hydrogen) atoms. The number of carbonyl (C=O) groups excluding carboxylic acids is 1. The highest BCUT2D eigenvalue weighted by atomic mass is 32.1. The lowest BCUT2D eigenvalue weighted by molar-refractivity contribution is -0.192. The van der Waals surface area contributed by atoms with Gasteiger partial charge in [-0.1, -0.05) is 23.5 Å². The SMILES string of the molecule is CCOC(=O)c1ccc(-c2cn3nc(-c4ccc(N5CCN(CCCCCOC)CC5)cc4)sc3n2)cc1.O=C(O)C(F)(F)F. The third-order valence-corrected chi connectivity index (χ3v) is 8.12. The molecule has 2 aromatic heterocycles. The van der Waals surface area contributed by atoms with Crippen molar-refractivity contribution in [2.75, 3.05) is 57.9 Å². The molecule has 0 amide bonds. The van der Waals surface area contributed by atoms with Crippen LogP contribution in [0.3, 0.4) is 0 Å². The molecule has 1 aliphatic rings. The second-order valence-corrected chi connectivity index (χ2v) is 11.2. The molecule has 4 aromatic rings. The van der Waals surface area contributed by atoms with Gasteiger partial charge in [0.1, 0.15) is 5.01 Å². The summed E-state index contributed by atoms with van der Waals surface area (Å²) < 4.78 is 43.8. The maximum atomic E-state index is 11.9. The van der Waals surface area contributed by atoms with E-state index in [4.69, 9.17) is 29.5 Å². The Bertz CT molecular complexity index is 1500. The van der Waals surface area contributed by atoms with E-state index < -0.39 is 12.1 Å². The van der Waals surface area contributed by atoms with Crippen LogP contribution in [0.15, 0.2) is 54.7 Å². The standard InChI is InChI=1S/C29H35N5O3S.C2HF3O2/c1-3-37-28(35)24-9-7-22(8-10-24)26-21-34-29(30-26)38-27(31-34)23-11-13-25(14-12-23)33-18-16-32(17-19-33)15-5-4-6-20-36-2;3-2(4,5)1(6)7/h7-14,21H,3-6,15-20H2,1-2H3;(H,6,7). The van der Waals surface area contributed by atoms with Gasteiger partial charge in [0.15, 0.2) is 0 Å². The molecule has 0 bridgehead atoms. The molecule has 0 aliphatic carbocycles. The van der Waals surface area contributed by atoms with E-state index in [1.807, 2.05) is 22.8 Å². The Morgan fingerprint density at radius 2 is 1.60 bits per heavy atom. The lowest BCUT2D eigenvalue weighted by Gasteiger charge is -2.36. The monoisotopic (exact) mass is 647 g/mol. The van der Waals surface area contributed by atoms with Crippen LogP contribution >= 0.6 is 11.3 Å². The molecular formula is C31H36F3N5O5S. The Hall–Kier alpha value is -4.01. The summed E-state index contributed by atoms with van der Waals surface area (Å²) in [4.78, 5) is 31.4. The summed E-state index contributed by atoms with van der Waals surface area (Å²) in [6.45, 7) is 8.57. The Balaban J connectivity index is 0.000000591. The third-order valence-electron chi connectivity index (χ3n) is 7.15. The van der Waals surface area contributed by atoms with Crippen molar-refractivity contribution < 1.29 is 37.3 Å². The number of alkyl halides is 3. The molecule has 0 unspecified atom stereocenters. The molecule has 2 aromatic carbocycles. The fourth-order valence-corrected chi connectivity index (χ4v) is 5.64. The molecule has 242 valence electrons. The van der Waals surface area contributed by atoms with Crippen molar-refractivity contribution in [3.05, 3.63) is 60.3 Å². The number of rotatable bonds is 11. The molecule has 0 spiro atoms. The number of halogens is 3. The van der Waals surface area contributed by atoms with Crippen molar-refractivity contribution in [2.24, 2.45) is 0 Å². The average Bonchev–Trinajstić information content (AvgIpc) is 3.62. The number of piperazine rings is 1. The lowest BCUT2D eigenvalue weighted by Crippen LogP contribution is -2.46. The van der Waals surface area contributed by atoms with Crippen LogP contribution in [-0.2, 0) is 14.3 Å². The van der Waals surface area contributed by atoms with E-state index in [0.717, 1.165) is 66.0 Å². The van der Waals surface area contributed by atoms with Crippen molar-refractivity contribution in [2.45, 2.75) is 32.4 Å². The van der Waals surface area contributed by atoms with Crippen molar-refractivity contribution in [3.63, 3.8) is 0 Å². The highest BCUT2D eigenvalue weighted by Gasteiger charge is 2.38. The van der Waals surface area contributed by atoms with E-state index in [9.17, 15) is 18.0 Å². The predicted molar refractivity (Wildman–Crippen MR) is 166 cm³/mol. The van der Waals surface area contributed by atoms with Crippen LogP contribution in [0.4, 0.5) is 18.9 Å². The number of ether oxygens (including phenoxy) is 2. The van der Waals surface area contributed by atoms with E-state index in [1.165, 1.54) is 25.1 Å². The number of fused-ring (bicyclic) bond motifs is 1. The third kappa shape index (κ3) is 9.49. The molecule has 1 saturated heterocycles. The Kier molecular flexibility index (Phi) is 11.9. The number of anilines is 1. The number of hydrogen-bond acceptors (Lipinski definition) is 9. The van der Waals surface area contributed by atoms with E-state index in [0.29, 0.717) is 12.2 Å². The molecular weight excluding hydrogens is 611 g/mol. The number of methoxy groups -OCH3 is 1. The van der Waals surface area contributed by atoms with Crippen molar-refractivity contribution in [1.82, 2.24) is 19.5 Å². The van der Waals surface area contributed by atoms with Gasteiger partial charge in [-0.15, -0.1) is 0 Å². The smallest absolute Gasteiger partial charge is 0.475 e. The summed E-state index contributed by atoms with van der Waals surface area (Å²) in [5, 5.41) is 12.8. The zero-order chi connectivity index (χ0) is 32.4. The number of unbranched alkanes of at least 4 members (excludes halogenated alkanes) is 2. The highest BCUT2D eigenvalue weighted by Crippen LogP contribution is 2.30. The molecule has 10 nitrogen and oxygen atoms in total. The van der Waals surface area contributed by atoms with Gasteiger partial charge in [-0.25, -0.2) is 19.1 Å². The Labute approximate surface area is 263 Å². The van der Waals surface area contributed by atoms with E-state index in [2.05, 4.69) is 34.1 Å². The molecule has 14 heteroatoms. The van der Waals surface area contributed by atoms with Gasteiger partial charge in [0.2, 0.25) is 4.96 Å². The summed E-state index contributed by atoms with van der Waals surface area (Å²) in [6, 6.07) is 16.0. The number of benzene rings is 2. The molecule has 5 rings (SSSR count). The predicted octanol–water partition coefficient (Wildman–Crippen LogP) is 5.87. The van der Waals surface area contributed by atoms with Crippen molar-refractivity contribution in [1.29, 1.82) is 0 Å². The number of nitrogens with zero attached hydrogens (tertiary/aromatic N) is 5. The zero-order valence-electron chi connectivity index (χ0n) is 25.1. The molecule has 1 fully saturated rings. The van der Waals surface area contributed by atoms with E-state index in [1.54, 1.807) is 37.5 Å². The number of hydrogen-bond donors (Lipinski definition) is 1. The topological polar surface area (TPSA) is 110 Å². The number of aliphatic carboxylic acids is 1. The van der Waals surface area contributed by atoms with Gasteiger partial charge < -0.3 is 19.5 Å². The number of carboxylic acid groups (broad SMARTS) is 1. The van der Waals surface area contributed by atoms with Crippen molar-refractivity contribution in [3.8, 4) is 21.8 Å². The van der Waals surface area contributed by atoms with Gasteiger partial charge in [-0.05, 0) is 69.1 Å². The zero-order valence-corrected chi connectivity index (χ0v) is 25.9. The number of carboxylic acids is 1. The van der Waals surface area contributed by atoms with Crippen LogP contribution in [0.2, 0.25) is 0 Å². The molecule has 1 aliphatic heterocycles. The first-order chi connectivity index (χ1) is 21.6. The minimum absolute atomic E-state index is 0.311. The number of aromatic nitrogens is 3. The molecule has 0 saturated carbocycles. The largest absolute Gasteiger partial charge is 0.490 e. The van der Waals surface area contributed by atoms with Gasteiger partial charge in [0, 0.05) is 56.7 Å². The summed E-state index contributed by atoms with van der Waals surface area (Å²) >= 11 is 1.57. The minimum atomic E-state index is -5.08. The minimum Gasteiger partial charge on any atom is -0.475 e. The first-order valence-corrected chi connectivity index (χ1v) is 15.4. The average molecular weight is 648 g/mol. The van der Waals surface area contributed by atoms with Gasteiger partial charge in [-0.2, -0.15) is 18.3 Å². The normalized spacial score (nSPS) is 13.8. The summed E-state index contributed by atoms with van der Waals surface area (Å²) in [7, 11) is 1.77. The van der Waals surface area contributed by atoms with Gasteiger partial charge in [0.05, 0.1) is 24.1 Å². The quantitative estimate of drug-likeness (QED) is 0.158. The lowest BCUT2D eigenvalue weighted by atomic mass is 10.1. The molecule has 0 atom stereocenters. The van der Waals surface area contributed by atoms with Crippen LogP contribution in [0.1, 0.15) is 36.5 Å². The number of esters is 1. The fraction of sp³-hybridized carbons (Fsp3) is 0.419. The van der Waals surface area contributed by atoms with Crippen LogP contribution in [-0.4, -0.2) is 95.8 Å². The highest BCUT2D eigenvalue weighted by molar-refractivity contribution is 7.19. The number of imidazole rings is 1. The van der Waals surface area contributed by atoms with Crippen LogP contribution < -0.4 is 4.90 Å². The van der Waals surface area contributed by atoms with Crippen LogP contribution in [0.25, 0.3) is 26.8 Å². The maximum absolute atomic E-state index is 11.9. The van der Waals surface area contributed by atoms with E-state index >= 15 is 0 Å². The van der Waals surface area contributed by atoms with Crippen LogP contribution in [0, 0.1) is 0 Å².